The van der Waals surface area contributed by atoms with Crippen molar-refractivity contribution < 1.29 is 4.42 Å². The van der Waals surface area contributed by atoms with Crippen molar-refractivity contribution in [1.82, 2.24) is 4.98 Å². The van der Waals surface area contributed by atoms with Gasteiger partial charge in [0.2, 0.25) is 0 Å². The fourth-order valence-corrected chi connectivity index (χ4v) is 2.38. The first-order valence-electron chi connectivity index (χ1n) is 6.71. The molecule has 1 aliphatic carbocycles. The third-order valence-corrected chi connectivity index (χ3v) is 3.65. The largest absolute Gasteiger partial charge is 0.423 e. The lowest BCUT2D eigenvalue weighted by Crippen LogP contribution is -2.41. The molecule has 1 aromatic heterocycles. The second-order valence-corrected chi connectivity index (χ2v) is 4.88. The maximum absolute atomic E-state index is 5.86. The van der Waals surface area contributed by atoms with Crippen molar-refractivity contribution in [1.29, 1.82) is 0 Å². The SMILES string of the molecule is NCCCN(c1nc2ccccc2o1)C1CCC1. The van der Waals surface area contributed by atoms with Gasteiger partial charge in [0.05, 0.1) is 0 Å². The van der Waals surface area contributed by atoms with Gasteiger partial charge in [0.15, 0.2) is 5.58 Å². The van der Waals surface area contributed by atoms with Gasteiger partial charge in [0.1, 0.15) is 5.52 Å². The van der Waals surface area contributed by atoms with Crippen molar-refractivity contribution in [2.75, 3.05) is 18.0 Å². The Hall–Kier alpha value is -1.55. The van der Waals surface area contributed by atoms with E-state index in [-0.39, 0.29) is 0 Å². The standard InChI is InChI=1S/C14H19N3O/c15-9-4-10-17(11-5-3-6-11)14-16-12-7-1-2-8-13(12)18-14/h1-2,7-8,11H,3-6,9-10,15H2. The summed E-state index contributed by atoms with van der Waals surface area (Å²) in [5.41, 5.74) is 7.41. The minimum atomic E-state index is 0.588. The summed E-state index contributed by atoms with van der Waals surface area (Å²) < 4.78 is 5.86. The molecule has 4 heteroatoms. The second-order valence-electron chi connectivity index (χ2n) is 4.88. The normalized spacial score (nSPS) is 15.8. The van der Waals surface area contributed by atoms with Crippen molar-refractivity contribution in [3.63, 3.8) is 0 Å². The molecule has 0 amide bonds. The zero-order valence-electron chi connectivity index (χ0n) is 10.5. The molecular weight excluding hydrogens is 226 g/mol. The monoisotopic (exact) mass is 245 g/mol. The van der Waals surface area contributed by atoms with Crippen LogP contribution in [0.15, 0.2) is 28.7 Å². The van der Waals surface area contributed by atoms with E-state index >= 15 is 0 Å². The van der Waals surface area contributed by atoms with Crippen LogP contribution in [0.3, 0.4) is 0 Å². The van der Waals surface area contributed by atoms with Crippen LogP contribution in [-0.2, 0) is 0 Å². The van der Waals surface area contributed by atoms with Gasteiger partial charge in [-0.15, -0.1) is 0 Å². The Bertz CT molecular complexity index is 485. The fraction of sp³-hybridized carbons (Fsp3) is 0.500. The lowest BCUT2D eigenvalue weighted by Gasteiger charge is -2.36. The highest BCUT2D eigenvalue weighted by atomic mass is 16.4. The van der Waals surface area contributed by atoms with Gasteiger partial charge in [0, 0.05) is 12.6 Å². The van der Waals surface area contributed by atoms with E-state index < -0.39 is 0 Å². The van der Waals surface area contributed by atoms with Crippen LogP contribution < -0.4 is 10.6 Å². The number of hydrogen-bond acceptors (Lipinski definition) is 4. The van der Waals surface area contributed by atoms with E-state index in [1.807, 2.05) is 24.3 Å². The topological polar surface area (TPSA) is 55.3 Å². The van der Waals surface area contributed by atoms with Crippen molar-refractivity contribution in [2.24, 2.45) is 5.73 Å². The summed E-state index contributed by atoms with van der Waals surface area (Å²) in [5.74, 6) is 0. The fourth-order valence-electron chi connectivity index (χ4n) is 2.38. The van der Waals surface area contributed by atoms with Crippen LogP contribution in [0.4, 0.5) is 6.01 Å². The number of oxazole rings is 1. The van der Waals surface area contributed by atoms with Gasteiger partial charge >= 0.3 is 0 Å². The van der Waals surface area contributed by atoms with E-state index in [0.717, 1.165) is 30.1 Å². The van der Waals surface area contributed by atoms with Crippen molar-refractivity contribution in [2.45, 2.75) is 31.7 Å². The number of nitrogens with two attached hydrogens (primary N) is 1. The van der Waals surface area contributed by atoms with Crippen LogP contribution in [-0.4, -0.2) is 24.1 Å². The molecule has 0 bridgehead atoms. The Morgan fingerprint density at radius 3 is 2.83 bits per heavy atom. The first-order valence-corrected chi connectivity index (χ1v) is 6.71. The first-order chi connectivity index (χ1) is 8.88. The average Bonchev–Trinajstić information content (AvgIpc) is 2.75. The van der Waals surface area contributed by atoms with E-state index in [0.29, 0.717) is 12.6 Å². The molecule has 2 N–H and O–H groups in total. The Kier molecular flexibility index (Phi) is 3.19. The van der Waals surface area contributed by atoms with Gasteiger partial charge in [-0.3, -0.25) is 0 Å². The Balaban J connectivity index is 1.87. The molecule has 2 aromatic rings. The number of anilines is 1. The highest BCUT2D eigenvalue weighted by Crippen LogP contribution is 2.31. The van der Waals surface area contributed by atoms with E-state index in [4.69, 9.17) is 10.2 Å². The highest BCUT2D eigenvalue weighted by molar-refractivity contribution is 5.74. The third kappa shape index (κ3) is 2.08. The molecule has 0 aliphatic heterocycles. The molecule has 4 nitrogen and oxygen atoms in total. The Labute approximate surface area is 107 Å². The van der Waals surface area contributed by atoms with Crippen LogP contribution in [0.2, 0.25) is 0 Å². The summed E-state index contributed by atoms with van der Waals surface area (Å²) in [6.07, 6.45) is 4.77. The number of hydrogen-bond donors (Lipinski definition) is 1. The summed E-state index contributed by atoms with van der Waals surface area (Å²) in [7, 11) is 0. The van der Waals surface area contributed by atoms with Crippen LogP contribution >= 0.6 is 0 Å². The molecule has 1 heterocycles. The van der Waals surface area contributed by atoms with Crippen molar-refractivity contribution in [3.05, 3.63) is 24.3 Å². The third-order valence-electron chi connectivity index (χ3n) is 3.65. The van der Waals surface area contributed by atoms with Crippen LogP contribution in [0.1, 0.15) is 25.7 Å². The van der Waals surface area contributed by atoms with Gasteiger partial charge in [-0.05, 0) is 44.4 Å². The first kappa shape index (κ1) is 11.5. The molecule has 1 saturated carbocycles. The zero-order valence-corrected chi connectivity index (χ0v) is 10.5. The van der Waals surface area contributed by atoms with Crippen molar-refractivity contribution in [3.8, 4) is 0 Å². The number of nitrogens with zero attached hydrogens (tertiary/aromatic N) is 2. The average molecular weight is 245 g/mol. The summed E-state index contributed by atoms with van der Waals surface area (Å²) in [6, 6.07) is 9.27. The van der Waals surface area contributed by atoms with Crippen LogP contribution in [0, 0.1) is 0 Å². The molecule has 1 aromatic carbocycles. The zero-order chi connectivity index (χ0) is 12.4. The summed E-state index contributed by atoms with van der Waals surface area (Å²) in [4.78, 5) is 6.88. The molecule has 18 heavy (non-hydrogen) atoms. The van der Waals surface area contributed by atoms with Crippen LogP contribution in [0.25, 0.3) is 11.1 Å². The smallest absolute Gasteiger partial charge is 0.298 e. The van der Waals surface area contributed by atoms with Gasteiger partial charge in [-0.25, -0.2) is 0 Å². The number of benzene rings is 1. The second kappa shape index (κ2) is 4.98. The molecular formula is C14H19N3O. The molecule has 0 atom stereocenters. The Morgan fingerprint density at radius 1 is 1.33 bits per heavy atom. The minimum absolute atomic E-state index is 0.588. The maximum atomic E-state index is 5.86. The molecule has 1 fully saturated rings. The molecule has 0 unspecified atom stereocenters. The van der Waals surface area contributed by atoms with E-state index in [2.05, 4.69) is 9.88 Å². The summed E-state index contributed by atoms with van der Waals surface area (Å²) in [6.45, 7) is 1.65. The van der Waals surface area contributed by atoms with Gasteiger partial charge in [-0.1, -0.05) is 12.1 Å². The van der Waals surface area contributed by atoms with Gasteiger partial charge in [0.25, 0.3) is 6.01 Å². The lowest BCUT2D eigenvalue weighted by atomic mass is 9.91. The highest BCUT2D eigenvalue weighted by Gasteiger charge is 2.27. The molecule has 0 saturated heterocycles. The number of aromatic nitrogens is 1. The summed E-state index contributed by atoms with van der Waals surface area (Å²) in [5, 5.41) is 0. The predicted octanol–water partition coefficient (Wildman–Crippen LogP) is 2.54. The molecule has 3 rings (SSSR count). The Morgan fingerprint density at radius 2 is 2.17 bits per heavy atom. The van der Waals surface area contributed by atoms with Gasteiger partial charge < -0.3 is 15.1 Å². The van der Waals surface area contributed by atoms with Gasteiger partial charge in [-0.2, -0.15) is 4.98 Å². The quantitative estimate of drug-likeness (QED) is 0.879. The maximum Gasteiger partial charge on any atom is 0.298 e. The number of fused-ring (bicyclic) bond motifs is 1. The predicted molar refractivity (Wildman–Crippen MR) is 72.7 cm³/mol. The summed E-state index contributed by atoms with van der Waals surface area (Å²) >= 11 is 0. The molecule has 0 spiro atoms. The number of para-hydroxylation sites is 2. The van der Waals surface area contributed by atoms with Crippen LogP contribution in [0.5, 0.6) is 0 Å². The minimum Gasteiger partial charge on any atom is -0.423 e. The van der Waals surface area contributed by atoms with E-state index in [9.17, 15) is 0 Å². The molecule has 1 aliphatic rings. The molecule has 0 radical (unpaired) electrons. The van der Waals surface area contributed by atoms with Crippen molar-refractivity contribution >= 4 is 17.1 Å². The van der Waals surface area contributed by atoms with E-state index in [1.54, 1.807) is 0 Å². The molecule has 96 valence electrons. The number of rotatable bonds is 5. The van der Waals surface area contributed by atoms with E-state index in [1.165, 1.54) is 19.3 Å². The lowest BCUT2D eigenvalue weighted by molar-refractivity contribution is 0.365.